The molecule has 0 saturated carbocycles. The average Bonchev–Trinajstić information content (AvgIpc) is 2.26. The predicted octanol–water partition coefficient (Wildman–Crippen LogP) is 0.826. The molecule has 0 aromatic carbocycles. The fourth-order valence-electron chi connectivity index (χ4n) is 2.28. The lowest BCUT2D eigenvalue weighted by molar-refractivity contribution is -0.161. The van der Waals surface area contributed by atoms with Gasteiger partial charge in [0.15, 0.2) is 0 Å². The number of carbonyl (C=O) groups excluding carboxylic acids is 1. The molecule has 0 spiro atoms. The van der Waals surface area contributed by atoms with Gasteiger partial charge >= 0.3 is 0 Å². The summed E-state index contributed by atoms with van der Waals surface area (Å²) in [5.41, 5.74) is -0.271. The normalized spacial score (nSPS) is 34.4. The van der Waals surface area contributed by atoms with E-state index in [0.717, 1.165) is 32.5 Å². The van der Waals surface area contributed by atoms with E-state index in [1.54, 1.807) is 0 Å². The zero-order valence-electron chi connectivity index (χ0n) is 8.55. The highest BCUT2D eigenvalue weighted by Crippen LogP contribution is 2.35. The largest absolute Gasteiger partial charge is 0.338 e. The molecule has 4 heteroatoms. The van der Waals surface area contributed by atoms with Gasteiger partial charge in [0.2, 0.25) is 5.91 Å². The van der Waals surface area contributed by atoms with Crippen LogP contribution in [-0.4, -0.2) is 42.4 Å². The maximum absolute atomic E-state index is 11.8. The first-order chi connectivity index (χ1) is 6.67. The molecule has 2 fully saturated rings. The van der Waals surface area contributed by atoms with Gasteiger partial charge in [-0.25, -0.2) is 0 Å². The smallest absolute Gasteiger partial charge is 0.231 e. The van der Waals surface area contributed by atoms with Crippen molar-refractivity contribution in [2.75, 3.05) is 25.5 Å². The molecule has 2 saturated heterocycles. The molecule has 1 unspecified atom stereocenters. The number of rotatable bonds is 2. The van der Waals surface area contributed by atoms with Gasteiger partial charge in [-0.1, -0.05) is 0 Å². The maximum Gasteiger partial charge on any atom is 0.231 e. The Bertz CT molecular complexity index is 240. The van der Waals surface area contributed by atoms with E-state index in [4.69, 9.17) is 11.6 Å². The van der Waals surface area contributed by atoms with Crippen LogP contribution < -0.4 is 5.32 Å². The first-order valence-electron chi connectivity index (χ1n) is 5.25. The standard InChI is InChI=1S/C10H17ClN2O/c1-10(6-11)7-13(9(10)14)8-2-4-12-5-3-8/h8,12H,2-7H2,1H3. The zero-order valence-corrected chi connectivity index (χ0v) is 9.31. The number of alkyl halides is 1. The molecule has 2 rings (SSSR count). The molecule has 0 aromatic rings. The van der Waals surface area contributed by atoms with Crippen molar-refractivity contribution in [2.45, 2.75) is 25.8 Å². The van der Waals surface area contributed by atoms with Crippen LogP contribution in [0.5, 0.6) is 0 Å². The summed E-state index contributed by atoms with van der Waals surface area (Å²) < 4.78 is 0. The summed E-state index contributed by atoms with van der Waals surface area (Å²) in [4.78, 5) is 13.8. The molecule has 2 heterocycles. The van der Waals surface area contributed by atoms with E-state index in [2.05, 4.69) is 5.32 Å². The minimum atomic E-state index is -0.271. The maximum atomic E-state index is 11.8. The fraction of sp³-hybridized carbons (Fsp3) is 0.900. The quantitative estimate of drug-likeness (QED) is 0.548. The molecule has 80 valence electrons. The molecule has 14 heavy (non-hydrogen) atoms. The van der Waals surface area contributed by atoms with Gasteiger partial charge in [-0.05, 0) is 32.9 Å². The Hall–Kier alpha value is -0.280. The van der Waals surface area contributed by atoms with Gasteiger partial charge in [0.25, 0.3) is 0 Å². The van der Waals surface area contributed by atoms with E-state index in [9.17, 15) is 4.79 Å². The van der Waals surface area contributed by atoms with Crippen molar-refractivity contribution < 1.29 is 4.79 Å². The molecule has 1 atom stereocenters. The summed E-state index contributed by atoms with van der Waals surface area (Å²) in [5.74, 6) is 0.701. The van der Waals surface area contributed by atoms with E-state index in [0.29, 0.717) is 11.9 Å². The molecule has 1 N–H and O–H groups in total. The number of hydrogen-bond donors (Lipinski definition) is 1. The molecule has 0 radical (unpaired) electrons. The Morgan fingerprint density at radius 3 is 2.71 bits per heavy atom. The lowest BCUT2D eigenvalue weighted by atomic mass is 9.80. The van der Waals surface area contributed by atoms with E-state index in [-0.39, 0.29) is 11.3 Å². The molecule has 3 nitrogen and oxygen atoms in total. The number of nitrogens with zero attached hydrogens (tertiary/aromatic N) is 1. The molecule has 2 aliphatic rings. The van der Waals surface area contributed by atoms with Crippen LogP contribution in [0.4, 0.5) is 0 Å². The lowest BCUT2D eigenvalue weighted by Crippen LogP contribution is -2.65. The van der Waals surface area contributed by atoms with Gasteiger partial charge in [0.1, 0.15) is 0 Å². The number of carbonyl (C=O) groups is 1. The van der Waals surface area contributed by atoms with E-state index in [1.165, 1.54) is 0 Å². The van der Waals surface area contributed by atoms with Crippen LogP contribution in [0.1, 0.15) is 19.8 Å². The minimum absolute atomic E-state index is 0.249. The number of hydrogen-bond acceptors (Lipinski definition) is 2. The summed E-state index contributed by atoms with van der Waals surface area (Å²) >= 11 is 5.78. The van der Waals surface area contributed by atoms with Crippen LogP contribution in [0.2, 0.25) is 0 Å². The Kier molecular flexibility index (Phi) is 2.71. The second-order valence-electron chi connectivity index (χ2n) is 4.61. The molecule has 1 amide bonds. The van der Waals surface area contributed by atoms with Gasteiger partial charge in [0, 0.05) is 18.5 Å². The van der Waals surface area contributed by atoms with Crippen molar-refractivity contribution in [1.29, 1.82) is 0 Å². The summed E-state index contributed by atoms with van der Waals surface area (Å²) in [7, 11) is 0. The lowest BCUT2D eigenvalue weighted by Gasteiger charge is -2.50. The third-order valence-corrected chi connectivity index (χ3v) is 3.93. The molecular weight excluding hydrogens is 200 g/mol. The van der Waals surface area contributed by atoms with Crippen molar-refractivity contribution in [3.8, 4) is 0 Å². The number of nitrogens with one attached hydrogen (secondary N) is 1. The van der Waals surface area contributed by atoms with Gasteiger partial charge in [-0.2, -0.15) is 0 Å². The Morgan fingerprint density at radius 2 is 2.21 bits per heavy atom. The molecule has 2 aliphatic heterocycles. The summed E-state index contributed by atoms with van der Waals surface area (Å²) in [5, 5.41) is 3.30. The van der Waals surface area contributed by atoms with Crippen LogP contribution in [0.3, 0.4) is 0 Å². The second kappa shape index (κ2) is 3.70. The highest BCUT2D eigenvalue weighted by Gasteiger charge is 2.49. The Labute approximate surface area is 89.8 Å². The third kappa shape index (κ3) is 1.52. The molecule has 0 bridgehead atoms. The number of piperidine rings is 1. The summed E-state index contributed by atoms with van der Waals surface area (Å²) in [6.45, 7) is 4.87. The topological polar surface area (TPSA) is 32.3 Å². The zero-order chi connectivity index (χ0) is 10.2. The van der Waals surface area contributed by atoms with Gasteiger partial charge in [-0.15, -0.1) is 11.6 Å². The number of likely N-dealkylation sites (tertiary alicyclic amines) is 1. The van der Waals surface area contributed by atoms with Crippen LogP contribution in [-0.2, 0) is 4.79 Å². The van der Waals surface area contributed by atoms with Gasteiger partial charge < -0.3 is 10.2 Å². The van der Waals surface area contributed by atoms with Crippen molar-refractivity contribution in [1.82, 2.24) is 10.2 Å². The van der Waals surface area contributed by atoms with Crippen molar-refractivity contribution in [3.63, 3.8) is 0 Å². The van der Waals surface area contributed by atoms with Crippen molar-refractivity contribution in [2.24, 2.45) is 5.41 Å². The van der Waals surface area contributed by atoms with E-state index < -0.39 is 0 Å². The monoisotopic (exact) mass is 216 g/mol. The molecule has 0 aliphatic carbocycles. The number of halogens is 1. The number of amides is 1. The third-order valence-electron chi connectivity index (χ3n) is 3.34. The predicted molar refractivity (Wildman–Crippen MR) is 56.4 cm³/mol. The minimum Gasteiger partial charge on any atom is -0.338 e. The van der Waals surface area contributed by atoms with E-state index >= 15 is 0 Å². The highest BCUT2D eigenvalue weighted by atomic mass is 35.5. The molecule has 0 aromatic heterocycles. The van der Waals surface area contributed by atoms with Crippen molar-refractivity contribution in [3.05, 3.63) is 0 Å². The van der Waals surface area contributed by atoms with Crippen LogP contribution in [0.15, 0.2) is 0 Å². The fourth-order valence-corrected chi connectivity index (χ4v) is 2.48. The first-order valence-corrected chi connectivity index (χ1v) is 5.78. The second-order valence-corrected chi connectivity index (χ2v) is 4.88. The summed E-state index contributed by atoms with van der Waals surface area (Å²) in [6.07, 6.45) is 2.17. The van der Waals surface area contributed by atoms with Crippen LogP contribution in [0.25, 0.3) is 0 Å². The molecular formula is C10H17ClN2O. The average molecular weight is 217 g/mol. The van der Waals surface area contributed by atoms with Crippen LogP contribution >= 0.6 is 11.6 Å². The Balaban J connectivity index is 1.93. The summed E-state index contributed by atoms with van der Waals surface area (Å²) in [6, 6.07) is 0.458. The highest BCUT2D eigenvalue weighted by molar-refractivity contribution is 6.20. The SMILES string of the molecule is CC1(CCl)CN(C2CCNCC2)C1=O. The van der Waals surface area contributed by atoms with Crippen molar-refractivity contribution >= 4 is 17.5 Å². The van der Waals surface area contributed by atoms with Crippen LogP contribution in [0, 0.1) is 5.41 Å². The first kappa shape index (κ1) is 10.2. The van der Waals surface area contributed by atoms with E-state index in [1.807, 2.05) is 11.8 Å². The van der Waals surface area contributed by atoms with Gasteiger partial charge in [-0.3, -0.25) is 4.79 Å². The Morgan fingerprint density at radius 1 is 1.57 bits per heavy atom. The van der Waals surface area contributed by atoms with Gasteiger partial charge in [0.05, 0.1) is 5.41 Å². The number of β-lactam (4-membered cyclic amide) rings is 1.